The van der Waals surface area contributed by atoms with Gasteiger partial charge >= 0.3 is 6.03 Å². The molecule has 0 saturated heterocycles. The summed E-state index contributed by atoms with van der Waals surface area (Å²) in [4.78, 5) is 13.8. The number of ether oxygens (including phenoxy) is 2. The van der Waals surface area contributed by atoms with Crippen molar-refractivity contribution in [3.05, 3.63) is 0 Å². The minimum atomic E-state index is -0.602. The first-order valence-corrected chi connectivity index (χ1v) is 7.87. The Bertz CT molecular complexity index is 213. The highest BCUT2D eigenvalue weighted by atomic mass is 28.2. The van der Waals surface area contributed by atoms with Gasteiger partial charge in [0.05, 0.1) is 0 Å². The molecular formula is C11H26N2O3Si. The molecule has 5 nitrogen and oxygen atoms in total. The van der Waals surface area contributed by atoms with E-state index in [2.05, 4.69) is 5.32 Å². The zero-order valence-corrected chi connectivity index (χ0v) is 13.2. The van der Waals surface area contributed by atoms with Gasteiger partial charge in [0.2, 0.25) is 0 Å². The zero-order valence-electron chi connectivity index (χ0n) is 11.8. The maximum absolute atomic E-state index is 11.9. The van der Waals surface area contributed by atoms with Crippen LogP contribution in [0.4, 0.5) is 4.79 Å². The first-order valence-electron chi connectivity index (χ1n) is 6.05. The van der Waals surface area contributed by atoms with E-state index in [-0.39, 0.29) is 24.0 Å². The van der Waals surface area contributed by atoms with Gasteiger partial charge in [0, 0.05) is 32.5 Å². The lowest BCUT2D eigenvalue weighted by atomic mass is 10.2. The number of nitrogens with one attached hydrogen (secondary N) is 1. The average Bonchev–Trinajstić information content (AvgIpc) is 2.23. The van der Waals surface area contributed by atoms with Gasteiger partial charge in [-0.2, -0.15) is 0 Å². The van der Waals surface area contributed by atoms with Crippen LogP contribution in [0.25, 0.3) is 0 Å². The van der Waals surface area contributed by atoms with Gasteiger partial charge in [0.15, 0.2) is 0 Å². The Morgan fingerprint density at radius 2 is 1.65 bits per heavy atom. The molecule has 0 aromatic carbocycles. The van der Waals surface area contributed by atoms with E-state index < -0.39 is 9.52 Å². The molecular weight excluding hydrogens is 236 g/mol. The van der Waals surface area contributed by atoms with E-state index >= 15 is 0 Å². The highest BCUT2D eigenvalue weighted by Crippen LogP contribution is 2.04. The molecule has 6 heteroatoms. The van der Waals surface area contributed by atoms with E-state index in [1.54, 1.807) is 14.2 Å². The fraction of sp³-hybridized carbons (Fsp3) is 0.909. The van der Waals surface area contributed by atoms with Crippen molar-refractivity contribution in [1.82, 2.24) is 10.2 Å². The predicted molar refractivity (Wildman–Crippen MR) is 71.9 cm³/mol. The molecule has 0 fully saturated rings. The lowest BCUT2D eigenvalue weighted by Crippen LogP contribution is -2.49. The minimum absolute atomic E-state index is 0.00606. The van der Waals surface area contributed by atoms with Crippen LogP contribution in [0, 0.1) is 0 Å². The summed E-state index contributed by atoms with van der Waals surface area (Å²) in [5, 5.41) is 2.93. The molecule has 1 N–H and O–H groups in total. The Hall–Kier alpha value is -0.593. The smallest absolute Gasteiger partial charge is 0.317 e. The Balaban J connectivity index is 4.07. The monoisotopic (exact) mass is 262 g/mol. The Morgan fingerprint density at radius 3 is 2.00 bits per heavy atom. The van der Waals surface area contributed by atoms with Crippen molar-refractivity contribution in [2.75, 3.05) is 20.4 Å². The standard InChI is InChI=1S/C11H26N2O3Si/c1-8(2)13(9(3)4)10(14)12-7-17-11(15-5)16-6/h8-9,11H,7,17H2,1-6H3,(H,12,14). The minimum Gasteiger partial charge on any atom is -0.360 e. The molecule has 102 valence electrons. The van der Waals surface area contributed by atoms with Crippen LogP contribution in [0.3, 0.4) is 0 Å². The lowest BCUT2D eigenvalue weighted by Gasteiger charge is -2.30. The molecule has 0 aliphatic rings. The number of carbonyl (C=O) groups excluding carboxylic acids is 1. The SMILES string of the molecule is COC(OC)[SiH2]CNC(=O)N(C(C)C)C(C)C. The van der Waals surface area contributed by atoms with Crippen molar-refractivity contribution in [2.45, 2.75) is 45.7 Å². The molecule has 0 heterocycles. The summed E-state index contributed by atoms with van der Waals surface area (Å²) in [5.41, 5.74) is 0. The van der Waals surface area contributed by atoms with Crippen molar-refractivity contribution >= 4 is 15.6 Å². The third kappa shape index (κ3) is 6.04. The number of nitrogens with zero attached hydrogens (tertiary/aromatic N) is 1. The zero-order chi connectivity index (χ0) is 13.4. The summed E-state index contributed by atoms with van der Waals surface area (Å²) < 4.78 is 10.2. The molecule has 0 saturated carbocycles. The van der Waals surface area contributed by atoms with Crippen molar-refractivity contribution in [1.29, 1.82) is 0 Å². The van der Waals surface area contributed by atoms with E-state index in [9.17, 15) is 4.79 Å². The first kappa shape index (κ1) is 16.4. The second-order valence-corrected chi connectivity index (χ2v) is 6.26. The third-order valence-corrected chi connectivity index (χ3v) is 4.21. The number of rotatable bonds is 7. The van der Waals surface area contributed by atoms with Gasteiger partial charge in [0.1, 0.15) is 15.4 Å². The van der Waals surface area contributed by atoms with Crippen molar-refractivity contribution in [3.8, 4) is 0 Å². The quantitative estimate of drug-likeness (QED) is 0.537. The molecule has 0 bridgehead atoms. The summed E-state index contributed by atoms with van der Waals surface area (Å²) in [6.07, 6.45) is 0.682. The number of hydrogen-bond donors (Lipinski definition) is 1. The predicted octanol–water partition coefficient (Wildman–Crippen LogP) is 0.517. The fourth-order valence-corrected chi connectivity index (χ4v) is 2.85. The normalized spacial score (nSPS) is 12.1. The van der Waals surface area contributed by atoms with Crippen molar-refractivity contribution in [2.24, 2.45) is 0 Å². The molecule has 0 aliphatic carbocycles. The molecule has 0 unspecified atom stereocenters. The Morgan fingerprint density at radius 1 is 1.18 bits per heavy atom. The van der Waals surface area contributed by atoms with Crippen LogP contribution >= 0.6 is 0 Å². The van der Waals surface area contributed by atoms with Gasteiger partial charge in [-0.15, -0.1) is 0 Å². The molecule has 0 aliphatic heterocycles. The van der Waals surface area contributed by atoms with Crippen LogP contribution < -0.4 is 5.32 Å². The largest absolute Gasteiger partial charge is 0.360 e. The van der Waals surface area contributed by atoms with Gasteiger partial charge < -0.3 is 19.7 Å². The number of carbonyl (C=O) groups is 1. The van der Waals surface area contributed by atoms with Crippen LogP contribution in [-0.2, 0) is 9.47 Å². The van der Waals surface area contributed by atoms with E-state index in [0.29, 0.717) is 6.17 Å². The Labute approximate surface area is 107 Å². The van der Waals surface area contributed by atoms with Crippen LogP contribution in [0.1, 0.15) is 27.7 Å². The summed E-state index contributed by atoms with van der Waals surface area (Å²) in [7, 11) is 2.64. The second kappa shape index (κ2) is 8.49. The van der Waals surface area contributed by atoms with E-state index in [1.165, 1.54) is 0 Å². The summed E-state index contributed by atoms with van der Waals surface area (Å²) in [6.45, 7) is 8.07. The Kier molecular flexibility index (Phi) is 8.19. The number of methoxy groups -OCH3 is 2. The maximum atomic E-state index is 11.9. The van der Waals surface area contributed by atoms with Gasteiger partial charge in [0.25, 0.3) is 0 Å². The molecule has 0 radical (unpaired) electrons. The lowest BCUT2D eigenvalue weighted by molar-refractivity contribution is -0.0441. The van der Waals surface area contributed by atoms with Crippen LogP contribution in [0.15, 0.2) is 0 Å². The van der Waals surface area contributed by atoms with E-state index in [4.69, 9.17) is 9.47 Å². The van der Waals surface area contributed by atoms with Crippen LogP contribution in [-0.4, -0.2) is 58.8 Å². The van der Waals surface area contributed by atoms with Crippen LogP contribution in [0.5, 0.6) is 0 Å². The van der Waals surface area contributed by atoms with Gasteiger partial charge in [-0.05, 0) is 27.7 Å². The summed E-state index contributed by atoms with van der Waals surface area (Å²) in [6, 6.07) is 0.406. The van der Waals surface area contributed by atoms with E-state index in [0.717, 1.165) is 0 Å². The third-order valence-electron chi connectivity index (χ3n) is 2.53. The van der Waals surface area contributed by atoms with Crippen molar-refractivity contribution < 1.29 is 14.3 Å². The summed E-state index contributed by atoms with van der Waals surface area (Å²) in [5.74, 6) is -0.123. The molecule has 2 amide bonds. The van der Waals surface area contributed by atoms with E-state index in [1.807, 2.05) is 32.6 Å². The second-order valence-electron chi connectivity index (χ2n) is 4.52. The molecule has 0 aromatic rings. The molecule has 0 aromatic heterocycles. The summed E-state index contributed by atoms with van der Waals surface area (Å²) >= 11 is 0. The molecule has 0 atom stereocenters. The number of amides is 2. The molecule has 0 spiro atoms. The van der Waals surface area contributed by atoms with Crippen molar-refractivity contribution in [3.63, 3.8) is 0 Å². The van der Waals surface area contributed by atoms with Gasteiger partial charge in [-0.3, -0.25) is 0 Å². The molecule has 17 heavy (non-hydrogen) atoms. The molecule has 0 rings (SSSR count). The average molecular weight is 262 g/mol. The van der Waals surface area contributed by atoms with Gasteiger partial charge in [-0.1, -0.05) is 0 Å². The topological polar surface area (TPSA) is 50.8 Å². The fourth-order valence-electron chi connectivity index (χ4n) is 1.79. The highest BCUT2D eigenvalue weighted by molar-refractivity contribution is 6.37. The highest BCUT2D eigenvalue weighted by Gasteiger charge is 2.19. The number of hydrogen-bond acceptors (Lipinski definition) is 3. The van der Waals surface area contributed by atoms with Crippen LogP contribution in [0.2, 0.25) is 0 Å². The van der Waals surface area contributed by atoms with Gasteiger partial charge in [-0.25, -0.2) is 4.79 Å². The number of urea groups is 1. The maximum Gasteiger partial charge on any atom is 0.317 e. The first-order chi connectivity index (χ1) is 7.93.